The van der Waals surface area contributed by atoms with Gasteiger partial charge in [-0.05, 0) is 17.0 Å². The number of methoxy groups -OCH3 is 1. The van der Waals surface area contributed by atoms with Crippen LogP contribution in [0.5, 0.6) is 5.75 Å². The monoisotopic (exact) mass is 200 g/mol. The van der Waals surface area contributed by atoms with Gasteiger partial charge in [-0.2, -0.15) is 0 Å². The largest absolute Gasteiger partial charge is 0.496 e. The van der Waals surface area contributed by atoms with E-state index in [1.807, 2.05) is 36.4 Å². The van der Waals surface area contributed by atoms with Crippen LogP contribution in [0, 0.1) is 0 Å². The Labute approximate surface area is 88.5 Å². The van der Waals surface area contributed by atoms with Crippen molar-refractivity contribution in [3.8, 4) is 5.75 Å². The maximum atomic E-state index is 10.5. The van der Waals surface area contributed by atoms with Crippen LogP contribution in [0.4, 0.5) is 0 Å². The smallest absolute Gasteiger partial charge is 0.126 e. The van der Waals surface area contributed by atoms with E-state index in [1.54, 1.807) is 7.11 Å². The van der Waals surface area contributed by atoms with Crippen molar-refractivity contribution in [1.29, 1.82) is 0 Å². The van der Waals surface area contributed by atoms with Gasteiger partial charge in [0.2, 0.25) is 0 Å². The summed E-state index contributed by atoms with van der Waals surface area (Å²) in [6.45, 7) is 0. The maximum Gasteiger partial charge on any atom is 0.126 e. The average molecular weight is 200 g/mol. The van der Waals surface area contributed by atoms with Crippen LogP contribution in [0.15, 0.2) is 36.4 Å². The van der Waals surface area contributed by atoms with Gasteiger partial charge in [-0.25, -0.2) is 0 Å². The Morgan fingerprint density at radius 3 is 2.80 bits per heavy atom. The molecule has 0 aromatic heterocycles. The highest BCUT2D eigenvalue weighted by atomic mass is 16.5. The lowest BCUT2D eigenvalue weighted by molar-refractivity contribution is -0.107. The van der Waals surface area contributed by atoms with Gasteiger partial charge in [0.05, 0.1) is 7.11 Å². The molecule has 15 heavy (non-hydrogen) atoms. The van der Waals surface area contributed by atoms with E-state index in [0.717, 1.165) is 28.4 Å². The number of ether oxygens (including phenoxy) is 1. The van der Waals surface area contributed by atoms with Crippen molar-refractivity contribution in [2.24, 2.45) is 0 Å². The molecular formula is C13H12O2. The van der Waals surface area contributed by atoms with Gasteiger partial charge in [0.1, 0.15) is 12.0 Å². The molecule has 0 amide bonds. The van der Waals surface area contributed by atoms with Crippen LogP contribution in [0.3, 0.4) is 0 Å². The zero-order valence-corrected chi connectivity index (χ0v) is 8.57. The van der Waals surface area contributed by atoms with Crippen molar-refractivity contribution in [1.82, 2.24) is 0 Å². The maximum absolute atomic E-state index is 10.5. The predicted molar refractivity (Wildman–Crippen MR) is 60.3 cm³/mol. The summed E-state index contributed by atoms with van der Waals surface area (Å²) in [5, 5.41) is 2.18. The van der Waals surface area contributed by atoms with Crippen LogP contribution in [-0.2, 0) is 11.2 Å². The van der Waals surface area contributed by atoms with Crippen LogP contribution in [0.25, 0.3) is 10.8 Å². The molecule has 0 heterocycles. The Kier molecular flexibility index (Phi) is 2.68. The quantitative estimate of drug-likeness (QED) is 0.712. The third kappa shape index (κ3) is 1.84. The van der Waals surface area contributed by atoms with Gasteiger partial charge in [-0.3, -0.25) is 0 Å². The van der Waals surface area contributed by atoms with Crippen molar-refractivity contribution in [3.63, 3.8) is 0 Å². The number of hydrogen-bond acceptors (Lipinski definition) is 2. The molecule has 2 aromatic carbocycles. The van der Waals surface area contributed by atoms with Gasteiger partial charge in [0.15, 0.2) is 0 Å². The van der Waals surface area contributed by atoms with E-state index in [2.05, 4.69) is 0 Å². The second-order valence-corrected chi connectivity index (χ2v) is 3.39. The van der Waals surface area contributed by atoms with Crippen LogP contribution in [0.2, 0.25) is 0 Å². The van der Waals surface area contributed by atoms with Crippen molar-refractivity contribution in [3.05, 3.63) is 42.0 Å². The summed E-state index contributed by atoms with van der Waals surface area (Å²) < 4.78 is 5.30. The molecule has 2 heteroatoms. The second-order valence-electron chi connectivity index (χ2n) is 3.39. The standard InChI is InChI=1S/C13H12O2/c1-15-13-9-10(6-7-14)8-11-4-2-3-5-12(11)13/h2-5,7-9H,6H2,1H3. The topological polar surface area (TPSA) is 26.3 Å². The molecule has 0 N–H and O–H groups in total. The lowest BCUT2D eigenvalue weighted by Gasteiger charge is -2.07. The van der Waals surface area contributed by atoms with Crippen molar-refractivity contribution in [2.75, 3.05) is 7.11 Å². The number of carbonyl (C=O) groups excluding carboxylic acids is 1. The fourth-order valence-corrected chi connectivity index (χ4v) is 1.72. The fourth-order valence-electron chi connectivity index (χ4n) is 1.72. The van der Waals surface area contributed by atoms with Crippen molar-refractivity contribution >= 4 is 17.1 Å². The molecule has 0 unspecified atom stereocenters. The lowest BCUT2D eigenvalue weighted by Crippen LogP contribution is -1.90. The number of benzene rings is 2. The fraction of sp³-hybridized carbons (Fsp3) is 0.154. The van der Waals surface area contributed by atoms with Crippen molar-refractivity contribution in [2.45, 2.75) is 6.42 Å². The first-order valence-corrected chi connectivity index (χ1v) is 4.84. The Hall–Kier alpha value is -1.83. The summed E-state index contributed by atoms with van der Waals surface area (Å²) in [6.07, 6.45) is 1.34. The minimum absolute atomic E-state index is 0.432. The highest BCUT2D eigenvalue weighted by molar-refractivity contribution is 5.89. The summed E-state index contributed by atoms with van der Waals surface area (Å²) >= 11 is 0. The Balaban J connectivity index is 2.65. The molecule has 0 radical (unpaired) electrons. The molecule has 0 fully saturated rings. The van der Waals surface area contributed by atoms with Crippen molar-refractivity contribution < 1.29 is 9.53 Å². The number of carbonyl (C=O) groups is 1. The van der Waals surface area contributed by atoms with Gasteiger partial charge in [0.25, 0.3) is 0 Å². The van der Waals surface area contributed by atoms with E-state index >= 15 is 0 Å². The van der Waals surface area contributed by atoms with Crippen LogP contribution in [-0.4, -0.2) is 13.4 Å². The lowest BCUT2D eigenvalue weighted by atomic mass is 10.0. The van der Waals surface area contributed by atoms with Crippen LogP contribution >= 0.6 is 0 Å². The Morgan fingerprint density at radius 1 is 1.27 bits per heavy atom. The minimum Gasteiger partial charge on any atom is -0.496 e. The first-order chi connectivity index (χ1) is 7.35. The molecule has 2 aromatic rings. The molecule has 0 aliphatic rings. The van der Waals surface area contributed by atoms with E-state index in [0.29, 0.717) is 6.42 Å². The Morgan fingerprint density at radius 2 is 2.07 bits per heavy atom. The first kappa shape index (κ1) is 9.71. The van der Waals surface area contributed by atoms with E-state index in [1.165, 1.54) is 0 Å². The normalized spacial score (nSPS) is 10.2. The van der Waals surface area contributed by atoms with E-state index in [9.17, 15) is 4.79 Å². The van der Waals surface area contributed by atoms with E-state index in [4.69, 9.17) is 4.74 Å². The third-order valence-corrected chi connectivity index (χ3v) is 2.42. The number of fused-ring (bicyclic) bond motifs is 1. The molecule has 0 saturated carbocycles. The number of aldehydes is 1. The van der Waals surface area contributed by atoms with Crippen LogP contribution < -0.4 is 4.74 Å². The molecule has 0 aliphatic carbocycles. The first-order valence-electron chi connectivity index (χ1n) is 4.84. The molecule has 0 spiro atoms. The number of hydrogen-bond donors (Lipinski definition) is 0. The summed E-state index contributed by atoms with van der Waals surface area (Å²) in [6, 6.07) is 11.9. The third-order valence-electron chi connectivity index (χ3n) is 2.42. The van der Waals surface area contributed by atoms with Crippen LogP contribution in [0.1, 0.15) is 5.56 Å². The highest BCUT2D eigenvalue weighted by Crippen LogP contribution is 2.27. The van der Waals surface area contributed by atoms with E-state index in [-0.39, 0.29) is 0 Å². The molecule has 76 valence electrons. The van der Waals surface area contributed by atoms with Gasteiger partial charge in [0, 0.05) is 11.8 Å². The molecule has 0 bridgehead atoms. The summed E-state index contributed by atoms with van der Waals surface area (Å²) in [5.41, 5.74) is 0.987. The van der Waals surface area contributed by atoms with Gasteiger partial charge >= 0.3 is 0 Å². The predicted octanol–water partition coefficient (Wildman–Crippen LogP) is 2.59. The molecule has 0 atom stereocenters. The number of rotatable bonds is 3. The summed E-state index contributed by atoms with van der Waals surface area (Å²) in [7, 11) is 1.65. The molecule has 2 rings (SSSR count). The molecule has 0 aliphatic heterocycles. The van der Waals surface area contributed by atoms with Gasteiger partial charge < -0.3 is 9.53 Å². The zero-order valence-electron chi connectivity index (χ0n) is 8.57. The summed E-state index contributed by atoms with van der Waals surface area (Å²) in [4.78, 5) is 10.5. The molecular weight excluding hydrogens is 188 g/mol. The SMILES string of the molecule is COc1cc(CC=O)cc2ccccc12. The summed E-state index contributed by atoms with van der Waals surface area (Å²) in [5.74, 6) is 0.824. The van der Waals surface area contributed by atoms with Gasteiger partial charge in [-0.15, -0.1) is 0 Å². The molecule has 0 saturated heterocycles. The second kappa shape index (κ2) is 4.13. The average Bonchev–Trinajstić information content (AvgIpc) is 2.28. The van der Waals surface area contributed by atoms with E-state index < -0.39 is 0 Å². The minimum atomic E-state index is 0.432. The molecule has 2 nitrogen and oxygen atoms in total. The van der Waals surface area contributed by atoms with Gasteiger partial charge in [-0.1, -0.05) is 30.3 Å². The zero-order chi connectivity index (χ0) is 10.7. The Bertz CT molecular complexity index is 489. The highest BCUT2D eigenvalue weighted by Gasteiger charge is 2.03.